The van der Waals surface area contributed by atoms with E-state index in [1.807, 2.05) is 12.1 Å². The fourth-order valence-electron chi connectivity index (χ4n) is 1.99. The van der Waals surface area contributed by atoms with Crippen molar-refractivity contribution in [3.8, 4) is 0 Å². The van der Waals surface area contributed by atoms with E-state index in [2.05, 4.69) is 41.7 Å². The van der Waals surface area contributed by atoms with E-state index in [0.717, 1.165) is 30.4 Å². The molecule has 0 saturated carbocycles. The highest BCUT2D eigenvalue weighted by molar-refractivity contribution is 9.09. The first kappa shape index (κ1) is 14.5. The van der Waals surface area contributed by atoms with Crippen LogP contribution in [0.25, 0.3) is 0 Å². The van der Waals surface area contributed by atoms with E-state index in [1.54, 1.807) is 0 Å². The Labute approximate surface area is 112 Å². The van der Waals surface area contributed by atoms with Gasteiger partial charge in [0.2, 0.25) is 0 Å². The van der Waals surface area contributed by atoms with E-state index in [9.17, 15) is 4.39 Å². The summed E-state index contributed by atoms with van der Waals surface area (Å²) in [5.74, 6) is -0.181. The monoisotopic (exact) mass is 301 g/mol. The van der Waals surface area contributed by atoms with Crippen molar-refractivity contribution in [1.29, 1.82) is 0 Å². The summed E-state index contributed by atoms with van der Waals surface area (Å²) in [7, 11) is 2.07. The molecule has 0 spiro atoms. The number of hydrogen-bond donors (Lipinski definition) is 0. The zero-order valence-corrected chi connectivity index (χ0v) is 12.4. The summed E-state index contributed by atoms with van der Waals surface area (Å²) in [5.41, 5.74) is 1.36. The van der Waals surface area contributed by atoms with Gasteiger partial charge in [0, 0.05) is 24.6 Å². The average Bonchev–Trinajstić information content (AvgIpc) is 2.37. The lowest BCUT2D eigenvalue weighted by Gasteiger charge is -2.35. The molecule has 0 aliphatic rings. The van der Waals surface area contributed by atoms with Crippen LogP contribution in [0.15, 0.2) is 24.3 Å². The van der Waals surface area contributed by atoms with Gasteiger partial charge in [0.25, 0.3) is 0 Å². The van der Waals surface area contributed by atoms with Crippen molar-refractivity contribution in [3.63, 3.8) is 0 Å². The molecule has 0 radical (unpaired) electrons. The van der Waals surface area contributed by atoms with Gasteiger partial charge in [-0.15, -0.1) is 0 Å². The molecule has 0 atom stereocenters. The lowest BCUT2D eigenvalue weighted by Crippen LogP contribution is -2.36. The van der Waals surface area contributed by atoms with Gasteiger partial charge < -0.3 is 4.90 Å². The molecule has 0 unspecified atom stereocenters. The Hall–Kier alpha value is -0.570. The van der Waals surface area contributed by atoms with Gasteiger partial charge in [-0.05, 0) is 42.5 Å². The molecule has 0 N–H and O–H groups in total. The molecule has 0 amide bonds. The fraction of sp³-hybridized carbons (Fsp3) is 0.571. The maximum absolute atomic E-state index is 12.9. The zero-order chi connectivity index (χ0) is 12.9. The van der Waals surface area contributed by atoms with Crippen molar-refractivity contribution >= 4 is 21.6 Å². The van der Waals surface area contributed by atoms with Crippen LogP contribution in [0.5, 0.6) is 0 Å². The lowest BCUT2D eigenvalue weighted by atomic mass is 9.84. The van der Waals surface area contributed by atoms with Crippen LogP contribution in [0.4, 0.5) is 10.1 Å². The van der Waals surface area contributed by atoms with E-state index >= 15 is 0 Å². The third-order valence-electron chi connectivity index (χ3n) is 3.62. The molecular weight excluding hydrogens is 281 g/mol. The summed E-state index contributed by atoms with van der Waals surface area (Å²) in [4.78, 5) is 2.20. The number of rotatable bonds is 6. The van der Waals surface area contributed by atoms with Gasteiger partial charge in [0.1, 0.15) is 5.82 Å². The van der Waals surface area contributed by atoms with Gasteiger partial charge in [0.15, 0.2) is 0 Å². The van der Waals surface area contributed by atoms with Crippen molar-refractivity contribution in [2.24, 2.45) is 5.41 Å². The first-order valence-corrected chi connectivity index (χ1v) is 7.21. The minimum Gasteiger partial charge on any atom is -0.374 e. The smallest absolute Gasteiger partial charge is 0.123 e. The summed E-state index contributed by atoms with van der Waals surface area (Å²) in [5, 5.41) is 0.999. The molecule has 1 rings (SSSR count). The van der Waals surface area contributed by atoms with Gasteiger partial charge in [-0.3, -0.25) is 0 Å². The highest BCUT2D eigenvalue weighted by atomic mass is 79.9. The number of anilines is 1. The number of alkyl halides is 1. The van der Waals surface area contributed by atoms with Crippen molar-refractivity contribution in [2.75, 3.05) is 23.8 Å². The van der Waals surface area contributed by atoms with E-state index in [4.69, 9.17) is 0 Å². The van der Waals surface area contributed by atoms with E-state index < -0.39 is 0 Å². The second-order valence-corrected chi connectivity index (χ2v) is 5.23. The highest BCUT2D eigenvalue weighted by Crippen LogP contribution is 2.31. The maximum atomic E-state index is 12.9. The summed E-state index contributed by atoms with van der Waals surface area (Å²) in [6.07, 6.45) is 2.28. The Morgan fingerprint density at radius 2 is 1.71 bits per heavy atom. The maximum Gasteiger partial charge on any atom is 0.123 e. The first-order chi connectivity index (χ1) is 8.06. The van der Waals surface area contributed by atoms with Crippen LogP contribution in [0.2, 0.25) is 0 Å². The van der Waals surface area contributed by atoms with Gasteiger partial charge in [0.05, 0.1) is 0 Å². The van der Waals surface area contributed by atoms with Crippen LogP contribution >= 0.6 is 15.9 Å². The molecule has 0 saturated heterocycles. The molecule has 3 heteroatoms. The van der Waals surface area contributed by atoms with Crippen LogP contribution < -0.4 is 4.90 Å². The van der Waals surface area contributed by atoms with Gasteiger partial charge in [-0.2, -0.15) is 0 Å². The minimum atomic E-state index is -0.181. The lowest BCUT2D eigenvalue weighted by molar-refractivity contribution is 0.316. The second-order valence-electron chi connectivity index (χ2n) is 4.67. The van der Waals surface area contributed by atoms with E-state index in [-0.39, 0.29) is 5.82 Å². The summed E-state index contributed by atoms with van der Waals surface area (Å²) >= 11 is 3.62. The summed E-state index contributed by atoms with van der Waals surface area (Å²) in [6, 6.07) is 6.69. The molecule has 17 heavy (non-hydrogen) atoms. The predicted molar refractivity (Wildman–Crippen MR) is 76.5 cm³/mol. The Morgan fingerprint density at radius 1 is 1.18 bits per heavy atom. The normalized spacial score (nSPS) is 11.6. The predicted octanol–water partition coefficient (Wildman–Crippen LogP) is 4.46. The quantitative estimate of drug-likeness (QED) is 0.701. The Bertz CT molecular complexity index is 324. The molecule has 0 fully saturated rings. The van der Waals surface area contributed by atoms with Crippen LogP contribution in [0, 0.1) is 11.2 Å². The molecule has 0 bridgehead atoms. The molecule has 1 nitrogen and oxygen atoms in total. The van der Waals surface area contributed by atoms with Gasteiger partial charge >= 0.3 is 0 Å². The van der Waals surface area contributed by atoms with Gasteiger partial charge in [-0.25, -0.2) is 4.39 Å². The second kappa shape index (κ2) is 6.39. The molecule has 0 heterocycles. The molecular formula is C14H21BrFN. The Kier molecular flexibility index (Phi) is 5.44. The summed E-state index contributed by atoms with van der Waals surface area (Å²) < 4.78 is 12.9. The number of benzene rings is 1. The van der Waals surface area contributed by atoms with Crippen LogP contribution in [-0.2, 0) is 0 Å². The Morgan fingerprint density at radius 3 is 2.12 bits per heavy atom. The van der Waals surface area contributed by atoms with Crippen LogP contribution in [0.1, 0.15) is 26.7 Å². The minimum absolute atomic E-state index is 0.181. The number of halogens is 2. The van der Waals surface area contributed by atoms with E-state index in [0.29, 0.717) is 5.41 Å². The molecule has 1 aromatic carbocycles. The van der Waals surface area contributed by atoms with Crippen LogP contribution in [0.3, 0.4) is 0 Å². The standard InChI is InChI=1S/C14H21BrFN/c1-4-14(5-2,10-15)11-17(3)13-8-6-12(16)7-9-13/h6-9H,4-5,10-11H2,1-3H3. The third kappa shape index (κ3) is 3.70. The fourth-order valence-corrected chi connectivity index (χ4v) is 2.97. The Balaban J connectivity index is 2.76. The van der Waals surface area contributed by atoms with Crippen molar-refractivity contribution in [3.05, 3.63) is 30.1 Å². The molecule has 0 aliphatic carbocycles. The van der Waals surface area contributed by atoms with Crippen molar-refractivity contribution in [1.82, 2.24) is 0 Å². The van der Waals surface area contributed by atoms with Crippen molar-refractivity contribution < 1.29 is 4.39 Å². The first-order valence-electron chi connectivity index (χ1n) is 6.09. The third-order valence-corrected chi connectivity index (χ3v) is 4.81. The summed E-state index contributed by atoms with van der Waals surface area (Å²) in [6.45, 7) is 5.43. The van der Waals surface area contributed by atoms with Crippen LogP contribution in [-0.4, -0.2) is 18.9 Å². The largest absolute Gasteiger partial charge is 0.374 e. The van der Waals surface area contributed by atoms with Crippen molar-refractivity contribution in [2.45, 2.75) is 26.7 Å². The topological polar surface area (TPSA) is 3.24 Å². The zero-order valence-electron chi connectivity index (χ0n) is 10.8. The average molecular weight is 302 g/mol. The molecule has 1 aromatic rings. The molecule has 0 aromatic heterocycles. The highest BCUT2D eigenvalue weighted by Gasteiger charge is 2.26. The van der Waals surface area contributed by atoms with E-state index in [1.165, 1.54) is 12.1 Å². The number of hydrogen-bond acceptors (Lipinski definition) is 1. The van der Waals surface area contributed by atoms with Gasteiger partial charge in [-0.1, -0.05) is 29.8 Å². The molecule has 0 aliphatic heterocycles. The molecule has 96 valence electrons. The SMILES string of the molecule is CCC(CC)(CBr)CN(C)c1ccc(F)cc1. The number of nitrogens with zero attached hydrogens (tertiary/aromatic N) is 1.